The van der Waals surface area contributed by atoms with Gasteiger partial charge in [-0.1, -0.05) is 12.1 Å². The summed E-state index contributed by atoms with van der Waals surface area (Å²) in [6.07, 6.45) is -2.05. The molecule has 6 nitrogen and oxygen atoms in total. The lowest BCUT2D eigenvalue weighted by molar-refractivity contribution is -0.139. The van der Waals surface area contributed by atoms with Gasteiger partial charge in [-0.25, -0.2) is 5.43 Å². The first-order chi connectivity index (χ1) is 11.4. The van der Waals surface area contributed by atoms with Gasteiger partial charge >= 0.3 is 18.0 Å². The van der Waals surface area contributed by atoms with Crippen molar-refractivity contribution >= 4 is 18.0 Å². The number of benzene rings is 1. The van der Waals surface area contributed by atoms with Crippen molar-refractivity contribution in [1.29, 1.82) is 0 Å². The summed E-state index contributed by atoms with van der Waals surface area (Å²) in [4.78, 5) is 23.0. The quantitative estimate of drug-likeness (QED) is 0.508. The highest BCUT2D eigenvalue weighted by molar-refractivity contribution is 6.35. The van der Waals surface area contributed by atoms with Crippen LogP contribution in [-0.4, -0.2) is 18.0 Å². The summed E-state index contributed by atoms with van der Waals surface area (Å²) >= 11 is 0. The lowest BCUT2D eigenvalue weighted by Gasteiger charge is -2.06. The van der Waals surface area contributed by atoms with E-state index in [0.29, 0.717) is 5.76 Å². The summed E-state index contributed by atoms with van der Waals surface area (Å²) in [5.74, 6) is -1.54. The van der Waals surface area contributed by atoms with Crippen LogP contribution in [0.5, 0.6) is 0 Å². The molecule has 2 rings (SSSR count). The van der Waals surface area contributed by atoms with Gasteiger partial charge in [-0.15, -0.1) is 0 Å². The fraction of sp³-hybridized carbons (Fsp3) is 0.133. The number of amides is 2. The molecule has 0 aliphatic carbocycles. The topological polar surface area (TPSA) is 83.7 Å². The second kappa shape index (κ2) is 7.44. The van der Waals surface area contributed by atoms with Gasteiger partial charge in [0, 0.05) is 0 Å². The minimum absolute atomic E-state index is 0.0244. The zero-order valence-corrected chi connectivity index (χ0v) is 12.1. The maximum Gasteiger partial charge on any atom is 0.416 e. The maximum atomic E-state index is 12.6. The number of alkyl halides is 3. The van der Waals surface area contributed by atoms with Gasteiger partial charge in [0.05, 0.1) is 24.6 Å². The van der Waals surface area contributed by atoms with Crippen LogP contribution in [0.2, 0.25) is 0 Å². The molecule has 2 aromatic rings. The van der Waals surface area contributed by atoms with Crippen molar-refractivity contribution in [1.82, 2.24) is 10.7 Å². The molecule has 0 spiro atoms. The largest absolute Gasteiger partial charge is 0.467 e. The number of carbonyl (C=O) groups is 2. The summed E-state index contributed by atoms with van der Waals surface area (Å²) in [6, 6.07) is 7.61. The van der Waals surface area contributed by atoms with E-state index in [9.17, 15) is 22.8 Å². The van der Waals surface area contributed by atoms with Crippen molar-refractivity contribution in [3.63, 3.8) is 0 Å². The highest BCUT2D eigenvalue weighted by atomic mass is 19.4. The molecule has 0 radical (unpaired) electrons. The van der Waals surface area contributed by atoms with Gasteiger partial charge in [-0.2, -0.15) is 18.3 Å². The molecular formula is C15H12F3N3O3. The summed E-state index contributed by atoms with van der Waals surface area (Å²) in [6.45, 7) is 0.0244. The lowest BCUT2D eigenvalue weighted by atomic mass is 10.1. The Morgan fingerprint density at radius 2 is 1.96 bits per heavy atom. The fourth-order valence-corrected chi connectivity index (χ4v) is 1.67. The first-order valence-corrected chi connectivity index (χ1v) is 6.67. The van der Waals surface area contributed by atoms with E-state index in [4.69, 9.17) is 4.42 Å². The number of halogens is 3. The predicted molar refractivity (Wildman–Crippen MR) is 77.7 cm³/mol. The van der Waals surface area contributed by atoms with Crippen LogP contribution in [0, 0.1) is 0 Å². The minimum Gasteiger partial charge on any atom is -0.467 e. The van der Waals surface area contributed by atoms with Crippen molar-refractivity contribution in [2.75, 3.05) is 0 Å². The molecule has 126 valence electrons. The summed E-state index contributed by atoms with van der Waals surface area (Å²) in [5, 5.41) is 5.75. The Labute approximate surface area is 134 Å². The molecule has 0 saturated heterocycles. The van der Waals surface area contributed by atoms with Gasteiger partial charge in [0.1, 0.15) is 5.76 Å². The Bertz CT molecular complexity index is 740. The number of nitrogens with one attached hydrogen (secondary N) is 2. The number of furan rings is 1. The smallest absolute Gasteiger partial charge is 0.416 e. The Morgan fingerprint density at radius 1 is 1.17 bits per heavy atom. The van der Waals surface area contributed by atoms with Crippen LogP contribution in [0.4, 0.5) is 13.2 Å². The number of hydrogen-bond donors (Lipinski definition) is 2. The molecule has 0 aliphatic rings. The number of hydrogen-bond acceptors (Lipinski definition) is 4. The average molecular weight is 339 g/mol. The highest BCUT2D eigenvalue weighted by Gasteiger charge is 2.30. The van der Waals surface area contributed by atoms with Crippen LogP contribution in [-0.2, 0) is 22.3 Å². The standard InChI is InChI=1S/C15H12F3N3O3/c16-15(17,18)11-4-1-3-10(7-11)8-20-21-14(23)13(22)19-9-12-5-2-6-24-12/h1-8H,9H2,(H,19,22)(H,21,23)/b20-8-. The van der Waals surface area contributed by atoms with E-state index in [-0.39, 0.29) is 12.1 Å². The van der Waals surface area contributed by atoms with Crippen LogP contribution < -0.4 is 10.7 Å². The van der Waals surface area contributed by atoms with Gasteiger partial charge in [-0.05, 0) is 29.8 Å². The third kappa shape index (κ3) is 4.97. The minimum atomic E-state index is -4.47. The summed E-state index contributed by atoms with van der Waals surface area (Å²) in [7, 11) is 0. The van der Waals surface area contributed by atoms with Crippen molar-refractivity contribution in [3.05, 3.63) is 59.5 Å². The molecule has 0 atom stereocenters. The molecule has 9 heteroatoms. The Hall–Kier alpha value is -3.10. The van der Waals surface area contributed by atoms with Crippen LogP contribution in [0.3, 0.4) is 0 Å². The van der Waals surface area contributed by atoms with Crippen LogP contribution in [0.25, 0.3) is 0 Å². The zero-order chi connectivity index (χ0) is 17.6. The first-order valence-electron chi connectivity index (χ1n) is 6.67. The third-order valence-corrected chi connectivity index (χ3v) is 2.80. The normalized spacial score (nSPS) is 11.5. The van der Waals surface area contributed by atoms with Gasteiger partial charge in [0.25, 0.3) is 0 Å². The summed E-state index contributed by atoms with van der Waals surface area (Å²) in [5.41, 5.74) is 1.21. The molecule has 2 N–H and O–H groups in total. The van der Waals surface area contributed by atoms with Gasteiger partial charge < -0.3 is 9.73 Å². The van der Waals surface area contributed by atoms with E-state index >= 15 is 0 Å². The maximum absolute atomic E-state index is 12.6. The lowest BCUT2D eigenvalue weighted by Crippen LogP contribution is -2.37. The monoisotopic (exact) mass is 339 g/mol. The molecule has 0 saturated carbocycles. The summed E-state index contributed by atoms with van der Waals surface area (Å²) < 4.78 is 42.6. The number of hydrazone groups is 1. The average Bonchev–Trinajstić information content (AvgIpc) is 3.05. The molecule has 0 unspecified atom stereocenters. The number of carbonyl (C=O) groups excluding carboxylic acids is 2. The number of rotatable bonds is 4. The van der Waals surface area contributed by atoms with E-state index in [1.165, 1.54) is 18.4 Å². The second-order valence-corrected chi connectivity index (χ2v) is 4.58. The molecule has 0 aliphatic heterocycles. The molecule has 0 bridgehead atoms. The Balaban J connectivity index is 1.86. The van der Waals surface area contributed by atoms with Gasteiger partial charge in [0.2, 0.25) is 0 Å². The molecule has 24 heavy (non-hydrogen) atoms. The fourth-order valence-electron chi connectivity index (χ4n) is 1.67. The van der Waals surface area contributed by atoms with Gasteiger partial charge in [-0.3, -0.25) is 9.59 Å². The first kappa shape index (κ1) is 17.3. The zero-order valence-electron chi connectivity index (χ0n) is 12.1. The molecule has 2 amide bonds. The van der Waals surface area contributed by atoms with Crippen LogP contribution in [0.15, 0.2) is 52.2 Å². The van der Waals surface area contributed by atoms with E-state index in [0.717, 1.165) is 18.3 Å². The molecule has 0 fully saturated rings. The third-order valence-electron chi connectivity index (χ3n) is 2.80. The highest BCUT2D eigenvalue weighted by Crippen LogP contribution is 2.29. The number of nitrogens with zero attached hydrogens (tertiary/aromatic N) is 1. The Kier molecular flexibility index (Phi) is 5.35. The van der Waals surface area contributed by atoms with Gasteiger partial charge in [0.15, 0.2) is 0 Å². The van der Waals surface area contributed by atoms with E-state index in [1.54, 1.807) is 12.1 Å². The predicted octanol–water partition coefficient (Wildman–Crippen LogP) is 2.06. The molecule has 1 aromatic heterocycles. The molecule has 1 aromatic carbocycles. The Morgan fingerprint density at radius 3 is 2.62 bits per heavy atom. The van der Waals surface area contributed by atoms with Crippen LogP contribution in [0.1, 0.15) is 16.9 Å². The van der Waals surface area contributed by atoms with Crippen molar-refractivity contribution in [2.24, 2.45) is 5.10 Å². The van der Waals surface area contributed by atoms with Crippen molar-refractivity contribution < 1.29 is 27.2 Å². The van der Waals surface area contributed by atoms with E-state index in [2.05, 4.69) is 10.4 Å². The second-order valence-electron chi connectivity index (χ2n) is 4.58. The van der Waals surface area contributed by atoms with Crippen LogP contribution >= 0.6 is 0 Å². The SMILES string of the molecule is O=C(NCc1ccco1)C(=O)N/N=C\c1cccc(C(F)(F)F)c1. The molecular weight excluding hydrogens is 327 g/mol. The van der Waals surface area contributed by atoms with Crippen molar-refractivity contribution in [2.45, 2.75) is 12.7 Å². The molecule has 1 heterocycles. The van der Waals surface area contributed by atoms with E-state index < -0.39 is 23.6 Å². The van der Waals surface area contributed by atoms with Crippen molar-refractivity contribution in [3.8, 4) is 0 Å². The van der Waals surface area contributed by atoms with E-state index in [1.807, 2.05) is 5.43 Å².